The zero-order valence-corrected chi connectivity index (χ0v) is 21.6. The molecule has 4 aromatic rings. The third-order valence-corrected chi connectivity index (χ3v) is 5.72. The first kappa shape index (κ1) is 28.7. The molecule has 0 aliphatic heterocycles. The second kappa shape index (κ2) is 12.2. The van der Waals surface area contributed by atoms with Crippen LogP contribution in [-0.4, -0.2) is 41.2 Å². The van der Waals surface area contributed by atoms with E-state index in [-0.39, 0.29) is 29.4 Å². The highest BCUT2D eigenvalue weighted by molar-refractivity contribution is 5.93. The molecule has 1 heterocycles. The van der Waals surface area contributed by atoms with Crippen molar-refractivity contribution in [3.05, 3.63) is 89.6 Å². The number of alkyl halides is 3. The molecule has 0 saturated carbocycles. The molecule has 0 spiro atoms. The number of nitrogens with zero attached hydrogens (tertiary/aromatic N) is 4. The lowest BCUT2D eigenvalue weighted by Gasteiger charge is -2.12. The number of methoxy groups -OCH3 is 2. The average molecular weight is 566 g/mol. The lowest BCUT2D eigenvalue weighted by molar-refractivity contribution is -0.140. The van der Waals surface area contributed by atoms with Crippen LogP contribution in [0.3, 0.4) is 0 Å². The summed E-state index contributed by atoms with van der Waals surface area (Å²) < 4.78 is 48.1. The maximum Gasteiger partial charge on any atom is 0.416 e. The highest BCUT2D eigenvalue weighted by Gasteiger charge is 2.30. The Morgan fingerprint density at radius 2 is 1.61 bits per heavy atom. The van der Waals surface area contributed by atoms with Crippen LogP contribution in [0.1, 0.15) is 21.5 Å². The molecule has 0 aliphatic rings. The molecule has 1 aromatic heterocycles. The van der Waals surface area contributed by atoms with Gasteiger partial charge in [-0.3, -0.25) is 4.79 Å². The Balaban J connectivity index is 1.66. The predicted octanol–water partition coefficient (Wildman–Crippen LogP) is 6.53. The van der Waals surface area contributed by atoms with Gasteiger partial charge in [0.15, 0.2) is 0 Å². The monoisotopic (exact) mass is 565 g/mol. The Hall–Kier alpha value is -5.33. The van der Waals surface area contributed by atoms with Crippen molar-refractivity contribution < 1.29 is 37.3 Å². The number of halogens is 3. The molecule has 0 fully saturated rings. The van der Waals surface area contributed by atoms with Crippen molar-refractivity contribution in [1.29, 1.82) is 0 Å². The maximum absolute atomic E-state index is 12.9. The zero-order chi connectivity index (χ0) is 29.6. The van der Waals surface area contributed by atoms with Gasteiger partial charge in [0.1, 0.15) is 11.3 Å². The summed E-state index contributed by atoms with van der Waals surface area (Å²) in [6.07, 6.45) is -3.08. The smallest absolute Gasteiger partial charge is 0.416 e. The van der Waals surface area contributed by atoms with E-state index < -0.39 is 23.7 Å². The van der Waals surface area contributed by atoms with Crippen molar-refractivity contribution in [2.24, 2.45) is 10.2 Å². The molecule has 41 heavy (non-hydrogen) atoms. The molecule has 3 aromatic carbocycles. The third-order valence-electron chi connectivity index (χ3n) is 5.72. The van der Waals surface area contributed by atoms with Gasteiger partial charge in [0, 0.05) is 17.4 Å². The van der Waals surface area contributed by atoms with Gasteiger partial charge in [-0.2, -0.15) is 23.4 Å². The number of hydrogen-bond acceptors (Lipinski definition) is 10. The number of aromatic hydroxyl groups is 1. The van der Waals surface area contributed by atoms with Crippen LogP contribution >= 0.6 is 0 Å². The molecule has 0 amide bonds. The van der Waals surface area contributed by atoms with E-state index in [1.807, 2.05) is 0 Å². The number of anilines is 2. The molecule has 210 valence electrons. The molecule has 2 N–H and O–H groups in total. The van der Waals surface area contributed by atoms with E-state index in [1.165, 1.54) is 50.7 Å². The van der Waals surface area contributed by atoms with Crippen LogP contribution in [0, 0.1) is 0 Å². The summed E-state index contributed by atoms with van der Waals surface area (Å²) in [5, 5.41) is 21.1. The van der Waals surface area contributed by atoms with Crippen molar-refractivity contribution >= 4 is 34.9 Å². The highest BCUT2D eigenvalue weighted by Crippen LogP contribution is 2.32. The summed E-state index contributed by atoms with van der Waals surface area (Å²) in [7, 11) is 2.45. The first-order valence-electron chi connectivity index (χ1n) is 11.9. The lowest BCUT2D eigenvalue weighted by Crippen LogP contribution is -2.06. The van der Waals surface area contributed by atoms with Crippen LogP contribution in [-0.2, 0) is 26.9 Å². The highest BCUT2D eigenvalue weighted by atomic mass is 19.4. The number of carbonyl (C=O) groups excluding carboxylic acids is 2. The Morgan fingerprint density at radius 3 is 2.27 bits per heavy atom. The maximum atomic E-state index is 12.9. The van der Waals surface area contributed by atoms with Gasteiger partial charge in [0.2, 0.25) is 5.95 Å². The van der Waals surface area contributed by atoms with Crippen LogP contribution in [0.4, 0.5) is 36.2 Å². The fourth-order valence-corrected chi connectivity index (χ4v) is 3.66. The molecule has 0 saturated heterocycles. The molecule has 13 heteroatoms. The summed E-state index contributed by atoms with van der Waals surface area (Å²) in [5.41, 5.74) is 1.58. The first-order valence-corrected chi connectivity index (χ1v) is 11.9. The number of phenolic OH excluding ortho intramolecular Hbond substituents is 1. The fourth-order valence-electron chi connectivity index (χ4n) is 3.66. The minimum Gasteiger partial charge on any atom is -0.507 e. The second-order valence-electron chi connectivity index (χ2n) is 8.45. The zero-order valence-electron chi connectivity index (χ0n) is 21.6. The Morgan fingerprint density at radius 1 is 0.927 bits per heavy atom. The van der Waals surface area contributed by atoms with Crippen LogP contribution < -0.4 is 5.32 Å². The van der Waals surface area contributed by atoms with Crippen LogP contribution in [0.15, 0.2) is 83.2 Å². The number of rotatable bonds is 8. The van der Waals surface area contributed by atoms with Crippen molar-refractivity contribution in [2.75, 3.05) is 19.5 Å². The standard InChI is InChI=1S/C28H22F3N5O5/c1-40-25(38)13-16-3-6-19(35-36-20-9-10-24(37)22(15-20)26(39)41-2)14-21(16)23-11-12-32-27(34-23)33-18-7-4-17(5-8-18)28(29,30)31/h3-12,14-15,37H,13H2,1-2H3,(H,32,33,34). The number of azo groups is 1. The van der Waals surface area contributed by atoms with Gasteiger partial charge in [-0.25, -0.2) is 14.8 Å². The third kappa shape index (κ3) is 7.20. The van der Waals surface area contributed by atoms with E-state index in [2.05, 4.69) is 30.3 Å². The Labute approximate surface area is 231 Å². The largest absolute Gasteiger partial charge is 0.507 e. The number of benzene rings is 3. The molecular weight excluding hydrogens is 543 g/mol. The minimum atomic E-state index is -4.46. The number of esters is 2. The molecule has 4 rings (SSSR count). The summed E-state index contributed by atoms with van der Waals surface area (Å²) in [4.78, 5) is 32.5. The van der Waals surface area contributed by atoms with Gasteiger partial charge in [-0.05, 0) is 66.2 Å². The topological polar surface area (TPSA) is 135 Å². The number of phenols is 1. The van der Waals surface area contributed by atoms with E-state index in [4.69, 9.17) is 4.74 Å². The van der Waals surface area contributed by atoms with Gasteiger partial charge in [-0.15, -0.1) is 0 Å². The normalized spacial score (nSPS) is 11.3. The Kier molecular flexibility index (Phi) is 8.56. The number of aromatic nitrogens is 2. The van der Waals surface area contributed by atoms with Crippen molar-refractivity contribution in [3.8, 4) is 17.0 Å². The predicted molar refractivity (Wildman–Crippen MR) is 142 cm³/mol. The SMILES string of the molecule is COC(=O)Cc1ccc(N=Nc2ccc(O)c(C(=O)OC)c2)cc1-c1ccnc(Nc2ccc(C(F)(F)F)cc2)n1. The van der Waals surface area contributed by atoms with E-state index in [9.17, 15) is 27.9 Å². The van der Waals surface area contributed by atoms with E-state index >= 15 is 0 Å². The molecule has 0 radical (unpaired) electrons. The molecule has 0 bridgehead atoms. The van der Waals surface area contributed by atoms with Gasteiger partial charge < -0.3 is 19.9 Å². The molecule has 0 atom stereocenters. The van der Waals surface area contributed by atoms with E-state index in [0.29, 0.717) is 28.2 Å². The number of nitrogens with one attached hydrogen (secondary N) is 1. The van der Waals surface area contributed by atoms with Gasteiger partial charge >= 0.3 is 18.1 Å². The first-order chi connectivity index (χ1) is 19.6. The summed E-state index contributed by atoms with van der Waals surface area (Å²) in [6.45, 7) is 0. The molecular formula is C28H22F3N5O5. The molecule has 10 nitrogen and oxygen atoms in total. The van der Waals surface area contributed by atoms with Crippen molar-refractivity contribution in [3.63, 3.8) is 0 Å². The quantitative estimate of drug-likeness (QED) is 0.182. The Bertz CT molecular complexity index is 1610. The van der Waals surface area contributed by atoms with Gasteiger partial charge in [-0.1, -0.05) is 6.07 Å². The van der Waals surface area contributed by atoms with Crippen molar-refractivity contribution in [1.82, 2.24) is 9.97 Å². The number of carbonyl (C=O) groups is 2. The molecule has 0 aliphatic carbocycles. The van der Waals surface area contributed by atoms with Crippen molar-refractivity contribution in [2.45, 2.75) is 12.6 Å². The van der Waals surface area contributed by atoms with E-state index in [1.54, 1.807) is 24.3 Å². The van der Waals surface area contributed by atoms with Crippen LogP contribution in [0.2, 0.25) is 0 Å². The van der Waals surface area contributed by atoms with Gasteiger partial charge in [0.25, 0.3) is 0 Å². The lowest BCUT2D eigenvalue weighted by atomic mass is 10.0. The van der Waals surface area contributed by atoms with E-state index in [0.717, 1.165) is 12.1 Å². The number of hydrogen-bond donors (Lipinski definition) is 2. The summed E-state index contributed by atoms with van der Waals surface area (Å²) >= 11 is 0. The molecule has 0 unspecified atom stereocenters. The summed E-state index contributed by atoms with van der Waals surface area (Å²) in [6, 6.07) is 15.0. The minimum absolute atomic E-state index is 0.0740. The second-order valence-corrected chi connectivity index (χ2v) is 8.45. The number of ether oxygens (including phenoxy) is 2. The van der Waals surface area contributed by atoms with Crippen LogP contribution in [0.5, 0.6) is 5.75 Å². The summed E-state index contributed by atoms with van der Waals surface area (Å²) in [5.74, 6) is -1.39. The average Bonchev–Trinajstić information content (AvgIpc) is 2.96. The van der Waals surface area contributed by atoms with Crippen LogP contribution in [0.25, 0.3) is 11.3 Å². The fraction of sp³-hybridized carbons (Fsp3) is 0.143. The van der Waals surface area contributed by atoms with Gasteiger partial charge in [0.05, 0.1) is 43.3 Å².